The Morgan fingerprint density at radius 1 is 1.29 bits per heavy atom. The molecule has 1 aromatic rings. The predicted octanol–water partition coefficient (Wildman–Crippen LogP) is 0.929. The van der Waals surface area contributed by atoms with Gasteiger partial charge < -0.3 is 10.0 Å². The number of nitrogens with zero attached hydrogens (tertiary/aromatic N) is 3. The number of amides is 1. The van der Waals surface area contributed by atoms with E-state index in [2.05, 4.69) is 9.88 Å². The summed E-state index contributed by atoms with van der Waals surface area (Å²) in [5, 5.41) is 9.67. The molecule has 2 rings (SSSR count). The number of hydrogen-bond acceptors (Lipinski definition) is 4. The fourth-order valence-corrected chi connectivity index (χ4v) is 2.57. The molecule has 0 radical (unpaired) electrons. The lowest BCUT2D eigenvalue weighted by Gasteiger charge is -2.35. The van der Waals surface area contributed by atoms with E-state index in [0.717, 1.165) is 51.1 Å². The SMILES string of the molecule is CCC(O)CN1CCN(C(=O)CCc2ccncc2)CC1. The minimum Gasteiger partial charge on any atom is -0.392 e. The lowest BCUT2D eigenvalue weighted by Crippen LogP contribution is -2.50. The van der Waals surface area contributed by atoms with Gasteiger partial charge in [-0.3, -0.25) is 14.7 Å². The van der Waals surface area contributed by atoms with Gasteiger partial charge in [0.05, 0.1) is 6.10 Å². The first kappa shape index (κ1) is 15.9. The number of carbonyl (C=O) groups excluding carboxylic acids is 1. The second-order valence-corrected chi connectivity index (χ2v) is 5.60. The molecular formula is C16H25N3O2. The molecule has 1 N–H and O–H groups in total. The maximum absolute atomic E-state index is 12.2. The lowest BCUT2D eigenvalue weighted by atomic mass is 10.1. The van der Waals surface area contributed by atoms with Crippen molar-refractivity contribution in [2.75, 3.05) is 32.7 Å². The molecule has 1 unspecified atom stereocenters. The van der Waals surface area contributed by atoms with Gasteiger partial charge in [-0.25, -0.2) is 0 Å². The van der Waals surface area contributed by atoms with Crippen LogP contribution < -0.4 is 0 Å². The van der Waals surface area contributed by atoms with Gasteiger partial charge in [0.25, 0.3) is 0 Å². The maximum atomic E-state index is 12.2. The predicted molar refractivity (Wildman–Crippen MR) is 81.9 cm³/mol. The summed E-state index contributed by atoms with van der Waals surface area (Å²) >= 11 is 0. The van der Waals surface area contributed by atoms with Crippen molar-refractivity contribution in [3.63, 3.8) is 0 Å². The van der Waals surface area contributed by atoms with Crippen LogP contribution in [0.1, 0.15) is 25.3 Å². The van der Waals surface area contributed by atoms with E-state index in [4.69, 9.17) is 0 Å². The lowest BCUT2D eigenvalue weighted by molar-refractivity contribution is -0.133. The van der Waals surface area contributed by atoms with Crippen LogP contribution in [0.25, 0.3) is 0 Å². The minimum absolute atomic E-state index is 0.225. The molecule has 0 aliphatic carbocycles. The average Bonchev–Trinajstić information content (AvgIpc) is 2.54. The number of aliphatic hydroxyl groups excluding tert-OH is 1. The summed E-state index contributed by atoms with van der Waals surface area (Å²) in [5.74, 6) is 0.225. The molecule has 116 valence electrons. The highest BCUT2D eigenvalue weighted by atomic mass is 16.3. The van der Waals surface area contributed by atoms with Crippen LogP contribution >= 0.6 is 0 Å². The highest BCUT2D eigenvalue weighted by molar-refractivity contribution is 5.76. The Morgan fingerprint density at radius 2 is 1.95 bits per heavy atom. The van der Waals surface area contributed by atoms with Gasteiger partial charge in [0.1, 0.15) is 0 Å². The van der Waals surface area contributed by atoms with E-state index < -0.39 is 0 Å². The molecule has 5 nitrogen and oxygen atoms in total. The second-order valence-electron chi connectivity index (χ2n) is 5.60. The fraction of sp³-hybridized carbons (Fsp3) is 0.625. The Morgan fingerprint density at radius 3 is 2.57 bits per heavy atom. The molecule has 1 atom stereocenters. The number of β-amino-alcohol motifs (C(OH)–C–C–N with tert-alkyl or cyclic N) is 1. The number of carbonyl (C=O) groups is 1. The van der Waals surface area contributed by atoms with Gasteiger partial charge >= 0.3 is 0 Å². The van der Waals surface area contributed by atoms with Crippen molar-refractivity contribution in [3.05, 3.63) is 30.1 Å². The zero-order valence-corrected chi connectivity index (χ0v) is 12.7. The Balaban J connectivity index is 1.70. The van der Waals surface area contributed by atoms with Gasteiger partial charge in [-0.05, 0) is 30.5 Å². The van der Waals surface area contributed by atoms with Crippen molar-refractivity contribution in [2.24, 2.45) is 0 Å². The molecule has 1 aliphatic rings. The van der Waals surface area contributed by atoms with Crippen LogP contribution in [-0.4, -0.2) is 64.6 Å². The number of piperazine rings is 1. The topological polar surface area (TPSA) is 56.7 Å². The van der Waals surface area contributed by atoms with Gasteiger partial charge in [-0.15, -0.1) is 0 Å². The minimum atomic E-state index is -0.251. The van der Waals surface area contributed by atoms with Crippen LogP contribution in [0.5, 0.6) is 0 Å². The first-order chi connectivity index (χ1) is 10.2. The molecule has 0 bridgehead atoms. The molecule has 1 fully saturated rings. The van der Waals surface area contributed by atoms with E-state index in [9.17, 15) is 9.90 Å². The highest BCUT2D eigenvalue weighted by Crippen LogP contribution is 2.08. The van der Waals surface area contributed by atoms with E-state index in [-0.39, 0.29) is 12.0 Å². The third kappa shape index (κ3) is 5.10. The number of aromatic nitrogens is 1. The summed E-state index contributed by atoms with van der Waals surface area (Å²) in [4.78, 5) is 20.4. The van der Waals surface area contributed by atoms with Gasteiger partial charge in [0, 0.05) is 51.5 Å². The standard InChI is InChI=1S/C16H25N3O2/c1-2-15(20)13-18-9-11-19(12-10-18)16(21)4-3-14-5-7-17-8-6-14/h5-8,15,20H,2-4,9-13H2,1H3. The number of rotatable bonds is 6. The van der Waals surface area contributed by atoms with Crippen LogP contribution in [0.2, 0.25) is 0 Å². The third-order valence-electron chi connectivity index (χ3n) is 4.04. The van der Waals surface area contributed by atoms with Crippen molar-refractivity contribution in [3.8, 4) is 0 Å². The molecule has 1 aromatic heterocycles. The summed E-state index contributed by atoms with van der Waals surface area (Å²) in [6.07, 6.45) is 5.39. The summed E-state index contributed by atoms with van der Waals surface area (Å²) in [6, 6.07) is 3.91. The highest BCUT2D eigenvalue weighted by Gasteiger charge is 2.21. The summed E-state index contributed by atoms with van der Waals surface area (Å²) in [6.45, 7) is 5.96. The van der Waals surface area contributed by atoms with Crippen LogP contribution in [0.3, 0.4) is 0 Å². The van der Waals surface area contributed by atoms with Crippen LogP contribution in [-0.2, 0) is 11.2 Å². The summed E-state index contributed by atoms with van der Waals surface area (Å²) < 4.78 is 0. The molecule has 0 saturated carbocycles. The Kier molecular flexibility index (Phi) is 6.14. The smallest absolute Gasteiger partial charge is 0.222 e. The Hall–Kier alpha value is -1.46. The van der Waals surface area contributed by atoms with Crippen molar-refractivity contribution in [1.82, 2.24) is 14.8 Å². The van der Waals surface area contributed by atoms with E-state index in [1.165, 1.54) is 0 Å². The Bertz CT molecular complexity index is 430. The largest absolute Gasteiger partial charge is 0.392 e. The van der Waals surface area contributed by atoms with Gasteiger partial charge in [-0.2, -0.15) is 0 Å². The van der Waals surface area contributed by atoms with Crippen molar-refractivity contribution in [2.45, 2.75) is 32.3 Å². The van der Waals surface area contributed by atoms with Gasteiger partial charge in [-0.1, -0.05) is 6.92 Å². The van der Waals surface area contributed by atoms with Crippen molar-refractivity contribution < 1.29 is 9.90 Å². The molecule has 2 heterocycles. The average molecular weight is 291 g/mol. The number of pyridine rings is 1. The molecule has 5 heteroatoms. The second kappa shape index (κ2) is 8.10. The molecule has 1 aliphatic heterocycles. The van der Waals surface area contributed by atoms with E-state index in [0.29, 0.717) is 6.42 Å². The quantitative estimate of drug-likeness (QED) is 0.847. The third-order valence-corrected chi connectivity index (χ3v) is 4.04. The number of aryl methyl sites for hydroxylation is 1. The maximum Gasteiger partial charge on any atom is 0.222 e. The monoisotopic (exact) mass is 291 g/mol. The fourth-order valence-electron chi connectivity index (χ4n) is 2.57. The zero-order valence-electron chi connectivity index (χ0n) is 12.7. The first-order valence-corrected chi connectivity index (χ1v) is 7.76. The Labute approximate surface area is 126 Å². The molecule has 0 aromatic carbocycles. The van der Waals surface area contributed by atoms with E-state index >= 15 is 0 Å². The van der Waals surface area contributed by atoms with Gasteiger partial charge in [0.15, 0.2) is 0 Å². The van der Waals surface area contributed by atoms with E-state index in [1.54, 1.807) is 12.4 Å². The van der Waals surface area contributed by atoms with Crippen molar-refractivity contribution >= 4 is 5.91 Å². The molecule has 1 amide bonds. The zero-order chi connectivity index (χ0) is 15.1. The van der Waals surface area contributed by atoms with Crippen LogP contribution in [0.4, 0.5) is 0 Å². The molecule has 1 saturated heterocycles. The summed E-state index contributed by atoms with van der Waals surface area (Å²) in [5.41, 5.74) is 1.16. The first-order valence-electron chi connectivity index (χ1n) is 7.76. The van der Waals surface area contributed by atoms with E-state index in [1.807, 2.05) is 24.0 Å². The van der Waals surface area contributed by atoms with Gasteiger partial charge in [0.2, 0.25) is 5.91 Å². The van der Waals surface area contributed by atoms with Crippen molar-refractivity contribution in [1.29, 1.82) is 0 Å². The normalized spacial score (nSPS) is 17.7. The molecule has 0 spiro atoms. The number of hydrogen-bond donors (Lipinski definition) is 1. The molecular weight excluding hydrogens is 266 g/mol. The van der Waals surface area contributed by atoms with Crippen LogP contribution in [0.15, 0.2) is 24.5 Å². The van der Waals surface area contributed by atoms with Crippen LogP contribution in [0, 0.1) is 0 Å². The summed E-state index contributed by atoms with van der Waals surface area (Å²) in [7, 11) is 0. The number of aliphatic hydroxyl groups is 1. The molecule has 21 heavy (non-hydrogen) atoms.